The minimum Gasteiger partial charge on any atom is -0.534 e. The monoisotopic (exact) mass is 436 g/mol. The van der Waals surface area contributed by atoms with Crippen molar-refractivity contribution in [1.29, 1.82) is 0 Å². The summed E-state index contributed by atoms with van der Waals surface area (Å²) in [6, 6.07) is 37.6. The fourth-order valence-corrected chi connectivity index (χ4v) is 1.54. The topological polar surface area (TPSA) is 80.9 Å². The van der Waals surface area contributed by atoms with Crippen molar-refractivity contribution in [1.82, 2.24) is 0 Å². The number of phenolic OH excluding ortho intramolecular Hbond substituents is 4. The zero-order valence-electron chi connectivity index (χ0n) is 15.7. The Bertz CT molecular complexity index is 693. The van der Waals surface area contributed by atoms with Crippen LogP contribution in [0, 0.1) is 24.3 Å². The fraction of sp³-hybridized carbons (Fsp3) is 0. The number of para-hydroxylation sites is 4. The van der Waals surface area contributed by atoms with Gasteiger partial charge in [0.15, 0.2) is 0 Å². The fourth-order valence-electron chi connectivity index (χ4n) is 1.54. The summed E-state index contributed by atoms with van der Waals surface area (Å²) >= 11 is 0. The molecule has 0 aliphatic heterocycles. The molecule has 0 fully saturated rings. The molecule has 4 nitrogen and oxygen atoms in total. The van der Waals surface area contributed by atoms with Gasteiger partial charge in [-0.05, 0) is 0 Å². The molecule has 0 saturated carbocycles. The zero-order valence-corrected chi connectivity index (χ0v) is 18.7. The van der Waals surface area contributed by atoms with E-state index in [1.54, 1.807) is 97.1 Å². The minimum atomic E-state index is 0. The first kappa shape index (κ1) is 25.7. The predicted molar refractivity (Wildman–Crippen MR) is 108 cm³/mol. The van der Waals surface area contributed by atoms with Crippen LogP contribution in [-0.2, 0) is 19.5 Å². The van der Waals surface area contributed by atoms with Crippen molar-refractivity contribution < 1.29 is 39.9 Å². The number of hydrogen-bond acceptors (Lipinski definition) is 4. The predicted octanol–water partition coefficient (Wildman–Crippen LogP) is 4.77. The smallest absolute Gasteiger partial charge is 0.00397 e. The van der Waals surface area contributed by atoms with Gasteiger partial charge in [-0.2, -0.15) is 72.8 Å². The summed E-state index contributed by atoms with van der Waals surface area (Å²) in [5.74, 6) is 0.787. The maximum absolute atomic E-state index is 8.58. The van der Waals surface area contributed by atoms with E-state index in [-0.39, 0.29) is 42.5 Å². The van der Waals surface area contributed by atoms with Gasteiger partial charge in [-0.3, -0.25) is 0 Å². The van der Waals surface area contributed by atoms with Crippen molar-refractivity contribution in [3.8, 4) is 23.0 Å². The number of rotatable bonds is 0. The molecule has 0 bridgehead atoms. The molecule has 146 valence electrons. The summed E-state index contributed by atoms with van der Waals surface area (Å²) in [7, 11) is 0. The second-order valence-corrected chi connectivity index (χ2v) is 4.99. The molecule has 0 aromatic heterocycles. The Morgan fingerprint density at radius 2 is 0.586 bits per heavy atom. The van der Waals surface area contributed by atoms with Crippen molar-refractivity contribution in [2.24, 2.45) is 0 Å². The van der Waals surface area contributed by atoms with Crippen LogP contribution in [0.5, 0.6) is 23.0 Å². The van der Waals surface area contributed by atoms with Crippen LogP contribution in [-0.4, -0.2) is 20.4 Å². The molecule has 0 unspecified atom stereocenters. The summed E-state index contributed by atoms with van der Waals surface area (Å²) in [6.45, 7) is 0. The van der Waals surface area contributed by atoms with Crippen molar-refractivity contribution in [2.75, 3.05) is 0 Å². The number of hydrogen-bond donors (Lipinski definition) is 4. The zero-order chi connectivity index (χ0) is 20.5. The molecule has 4 rings (SSSR count). The quantitative estimate of drug-likeness (QED) is 0.236. The van der Waals surface area contributed by atoms with Gasteiger partial charge in [-0.25, -0.2) is 0 Å². The van der Waals surface area contributed by atoms with Gasteiger partial charge < -0.3 is 20.4 Å². The summed E-state index contributed by atoms with van der Waals surface area (Å²) in [4.78, 5) is 0. The Labute approximate surface area is 184 Å². The standard InChI is InChI=1S/4C6H5O.Zn/c4*7-6-4-2-1-3-5-6;/h4*1-4,7H;/q4*-1;. The second kappa shape index (κ2) is 16.8. The molecule has 4 aromatic carbocycles. The van der Waals surface area contributed by atoms with Crippen molar-refractivity contribution in [3.05, 3.63) is 121 Å². The molecule has 0 amide bonds. The third-order valence-electron chi connectivity index (χ3n) is 2.77. The first-order valence-electron chi connectivity index (χ1n) is 8.20. The van der Waals surface area contributed by atoms with Crippen LogP contribution < -0.4 is 0 Å². The number of benzene rings is 4. The Morgan fingerprint density at radius 1 is 0.379 bits per heavy atom. The third kappa shape index (κ3) is 15.5. The summed E-state index contributed by atoms with van der Waals surface area (Å²) in [5.41, 5.74) is 0. The van der Waals surface area contributed by atoms with Crippen LogP contribution in [0.15, 0.2) is 97.1 Å². The summed E-state index contributed by atoms with van der Waals surface area (Å²) < 4.78 is 0. The van der Waals surface area contributed by atoms with Gasteiger partial charge in [0.05, 0.1) is 0 Å². The van der Waals surface area contributed by atoms with E-state index in [1.807, 2.05) is 0 Å². The molecular formula is C24H20O4Zn-4. The van der Waals surface area contributed by atoms with Gasteiger partial charge >= 0.3 is 0 Å². The molecule has 0 aliphatic rings. The van der Waals surface area contributed by atoms with Gasteiger partial charge in [-0.15, -0.1) is 48.5 Å². The molecular weight excluding hydrogens is 418 g/mol. The first-order valence-corrected chi connectivity index (χ1v) is 8.20. The molecule has 0 spiro atoms. The van der Waals surface area contributed by atoms with E-state index in [2.05, 4.69) is 24.3 Å². The van der Waals surface area contributed by atoms with Gasteiger partial charge in [0.1, 0.15) is 0 Å². The van der Waals surface area contributed by atoms with Crippen LogP contribution in [0.1, 0.15) is 0 Å². The van der Waals surface area contributed by atoms with Crippen LogP contribution in [0.4, 0.5) is 0 Å². The number of aromatic hydroxyl groups is 4. The average Bonchev–Trinajstić information content (AvgIpc) is 2.72. The van der Waals surface area contributed by atoms with Crippen LogP contribution in [0.2, 0.25) is 0 Å². The molecule has 0 radical (unpaired) electrons. The summed E-state index contributed by atoms with van der Waals surface area (Å²) in [5, 5.41) is 34.3. The van der Waals surface area contributed by atoms with Crippen LogP contribution in [0.25, 0.3) is 0 Å². The van der Waals surface area contributed by atoms with E-state index < -0.39 is 0 Å². The average molecular weight is 438 g/mol. The van der Waals surface area contributed by atoms with Gasteiger partial charge in [-0.1, -0.05) is 0 Å². The maximum atomic E-state index is 8.58. The Hall–Kier alpha value is -3.30. The SMILES string of the molecule is Oc1[c-]cccc1.Oc1[c-]cccc1.Oc1[c-]cccc1.Oc1[c-]cccc1.[Zn]. The Morgan fingerprint density at radius 3 is 0.655 bits per heavy atom. The van der Waals surface area contributed by atoms with Crippen LogP contribution in [0.3, 0.4) is 0 Å². The maximum Gasteiger partial charge on any atom is 0.00397 e. The van der Waals surface area contributed by atoms with E-state index >= 15 is 0 Å². The first-order chi connectivity index (χ1) is 13.6. The number of phenols is 4. The van der Waals surface area contributed by atoms with E-state index in [9.17, 15) is 0 Å². The van der Waals surface area contributed by atoms with E-state index in [0.29, 0.717) is 0 Å². The molecule has 5 heteroatoms. The van der Waals surface area contributed by atoms with Crippen LogP contribution >= 0.6 is 0 Å². The minimum absolute atomic E-state index is 0. The Kier molecular flexibility index (Phi) is 14.9. The second-order valence-electron chi connectivity index (χ2n) is 4.99. The van der Waals surface area contributed by atoms with E-state index in [4.69, 9.17) is 20.4 Å². The van der Waals surface area contributed by atoms with Gasteiger partial charge in [0, 0.05) is 42.5 Å². The molecule has 29 heavy (non-hydrogen) atoms. The van der Waals surface area contributed by atoms with E-state index in [1.165, 1.54) is 0 Å². The van der Waals surface area contributed by atoms with E-state index in [0.717, 1.165) is 0 Å². The molecule has 0 saturated heterocycles. The molecule has 0 aliphatic carbocycles. The summed E-state index contributed by atoms with van der Waals surface area (Å²) in [6.07, 6.45) is 0. The molecule has 4 aromatic rings. The molecule has 0 atom stereocenters. The third-order valence-corrected chi connectivity index (χ3v) is 2.77. The Balaban J connectivity index is 0.000000356. The van der Waals surface area contributed by atoms with Crippen molar-refractivity contribution in [2.45, 2.75) is 0 Å². The van der Waals surface area contributed by atoms with Gasteiger partial charge in [0.25, 0.3) is 0 Å². The van der Waals surface area contributed by atoms with Crippen molar-refractivity contribution >= 4 is 0 Å². The van der Waals surface area contributed by atoms with Crippen molar-refractivity contribution in [3.63, 3.8) is 0 Å². The molecule has 4 N–H and O–H groups in total. The normalized spacial score (nSPS) is 8.28. The molecule has 0 heterocycles. The van der Waals surface area contributed by atoms with Gasteiger partial charge in [0.2, 0.25) is 0 Å². The largest absolute Gasteiger partial charge is 0.534 e.